The Morgan fingerprint density at radius 1 is 1.07 bits per heavy atom. The van der Waals surface area contributed by atoms with Gasteiger partial charge in [-0.2, -0.15) is 0 Å². The molecule has 0 spiro atoms. The van der Waals surface area contributed by atoms with E-state index in [2.05, 4.69) is 0 Å². The zero-order chi connectivity index (χ0) is 21.0. The lowest BCUT2D eigenvalue weighted by atomic mass is 9.80. The van der Waals surface area contributed by atoms with Crippen molar-refractivity contribution < 1.29 is 33.9 Å². The summed E-state index contributed by atoms with van der Waals surface area (Å²) in [5.41, 5.74) is 2.54. The van der Waals surface area contributed by atoms with Crippen LogP contribution in [0.5, 0.6) is 28.7 Å². The summed E-state index contributed by atoms with van der Waals surface area (Å²) >= 11 is 0. The predicted octanol–water partition coefficient (Wildman–Crippen LogP) is 2.61. The van der Waals surface area contributed by atoms with Crippen LogP contribution in [0.15, 0.2) is 24.3 Å². The summed E-state index contributed by atoms with van der Waals surface area (Å²) in [5.74, 6) is 3.01. The third kappa shape index (κ3) is 2.80. The molecule has 0 aromatic heterocycles. The lowest BCUT2D eigenvalue weighted by Crippen LogP contribution is -2.42. The molecule has 0 bridgehead atoms. The van der Waals surface area contributed by atoms with Crippen LogP contribution >= 0.6 is 0 Å². The van der Waals surface area contributed by atoms with Crippen LogP contribution in [0.4, 0.5) is 0 Å². The molecule has 5 atom stereocenters. The van der Waals surface area contributed by atoms with Gasteiger partial charge >= 0.3 is 0 Å². The maximum Gasteiger partial charge on any atom is 0.164 e. The molecule has 0 saturated carbocycles. The summed E-state index contributed by atoms with van der Waals surface area (Å²) in [6.45, 7) is 2.35. The zero-order valence-electron chi connectivity index (χ0n) is 17.3. The molecule has 3 aliphatic heterocycles. The molecule has 0 amide bonds. The number of ether oxygens (including phenoxy) is 5. The van der Waals surface area contributed by atoms with E-state index >= 15 is 0 Å². The quantitative estimate of drug-likeness (QED) is 0.795. The number of aliphatic hydroxyl groups is 2. The number of benzene rings is 2. The molecule has 0 radical (unpaired) electrons. The standard InChI is InChI=1S/C23H26O7/c1-11(9-24)16-7-14-15(29-16)5-4-12-22(25)21-13-6-18(26-2)19(27-3)8-17(13)28-10-20(21)30-23(12)14/h4-6,8,11,16,20-22,24-25H,7,9-10H2,1-3H3/t11?,16-,20-,21+,22-/m1/s1. The normalized spacial score (nSPS) is 26.7. The molecule has 2 N–H and O–H groups in total. The average molecular weight is 414 g/mol. The van der Waals surface area contributed by atoms with Crippen LogP contribution in [0, 0.1) is 5.92 Å². The second-order valence-corrected chi connectivity index (χ2v) is 8.16. The minimum Gasteiger partial charge on any atom is -0.493 e. The van der Waals surface area contributed by atoms with Crippen molar-refractivity contribution in [2.75, 3.05) is 27.4 Å². The fourth-order valence-corrected chi connectivity index (χ4v) is 4.71. The summed E-state index contributed by atoms with van der Waals surface area (Å²) in [4.78, 5) is 0. The predicted molar refractivity (Wildman–Crippen MR) is 108 cm³/mol. The van der Waals surface area contributed by atoms with Crippen molar-refractivity contribution in [3.05, 3.63) is 41.0 Å². The summed E-state index contributed by atoms with van der Waals surface area (Å²) in [5, 5.41) is 20.9. The summed E-state index contributed by atoms with van der Waals surface area (Å²) in [6, 6.07) is 7.42. The van der Waals surface area contributed by atoms with E-state index in [4.69, 9.17) is 23.7 Å². The van der Waals surface area contributed by atoms with Gasteiger partial charge in [0, 0.05) is 41.7 Å². The SMILES string of the molecule is COc1cc2c(cc1OC)[C@@H]1[C@H](O)c3ccc4c(c3O[C@@H]1CO2)C[C@H](C(C)CO)O4. The summed E-state index contributed by atoms with van der Waals surface area (Å²) < 4.78 is 29.2. The van der Waals surface area contributed by atoms with Gasteiger partial charge in [0.1, 0.15) is 36.1 Å². The van der Waals surface area contributed by atoms with Crippen molar-refractivity contribution in [3.63, 3.8) is 0 Å². The lowest BCUT2D eigenvalue weighted by molar-refractivity contribution is 0.000766. The molecular formula is C23H26O7. The molecule has 2 aromatic rings. The van der Waals surface area contributed by atoms with Gasteiger partial charge in [0.15, 0.2) is 11.5 Å². The van der Waals surface area contributed by atoms with Crippen LogP contribution in [0.1, 0.15) is 35.6 Å². The van der Waals surface area contributed by atoms with E-state index in [1.54, 1.807) is 20.3 Å². The van der Waals surface area contributed by atoms with E-state index in [-0.39, 0.29) is 30.7 Å². The van der Waals surface area contributed by atoms with Gasteiger partial charge < -0.3 is 33.9 Å². The molecule has 3 heterocycles. The van der Waals surface area contributed by atoms with E-state index in [0.29, 0.717) is 36.0 Å². The van der Waals surface area contributed by atoms with E-state index < -0.39 is 6.10 Å². The van der Waals surface area contributed by atoms with Crippen molar-refractivity contribution in [1.82, 2.24) is 0 Å². The Hall–Kier alpha value is -2.64. The van der Waals surface area contributed by atoms with Crippen molar-refractivity contribution in [3.8, 4) is 28.7 Å². The number of methoxy groups -OCH3 is 2. The Kier molecular flexibility index (Phi) is 4.67. The largest absolute Gasteiger partial charge is 0.493 e. The van der Waals surface area contributed by atoms with Crippen molar-refractivity contribution >= 4 is 0 Å². The number of hydrogen-bond donors (Lipinski definition) is 2. The first-order valence-electron chi connectivity index (χ1n) is 10.2. The van der Waals surface area contributed by atoms with Gasteiger partial charge in [0.05, 0.1) is 26.2 Å². The van der Waals surface area contributed by atoms with Crippen LogP contribution in [-0.2, 0) is 6.42 Å². The second kappa shape index (κ2) is 7.25. The molecular weight excluding hydrogens is 388 g/mol. The topological polar surface area (TPSA) is 86.6 Å². The van der Waals surface area contributed by atoms with Crippen LogP contribution < -0.4 is 23.7 Å². The third-order valence-corrected chi connectivity index (χ3v) is 6.46. The minimum absolute atomic E-state index is 0.0154. The molecule has 0 fully saturated rings. The summed E-state index contributed by atoms with van der Waals surface area (Å²) in [7, 11) is 3.17. The average Bonchev–Trinajstić information content (AvgIpc) is 3.22. The molecule has 160 valence electrons. The molecule has 5 rings (SSSR count). The van der Waals surface area contributed by atoms with Gasteiger partial charge in [-0.05, 0) is 18.2 Å². The first kappa shape index (κ1) is 19.3. The van der Waals surface area contributed by atoms with Gasteiger partial charge in [-0.15, -0.1) is 0 Å². The fraction of sp³-hybridized carbons (Fsp3) is 0.478. The molecule has 1 unspecified atom stereocenters. The number of aliphatic hydroxyl groups excluding tert-OH is 2. The maximum absolute atomic E-state index is 11.4. The highest BCUT2D eigenvalue weighted by Gasteiger charge is 2.45. The monoisotopic (exact) mass is 414 g/mol. The van der Waals surface area contributed by atoms with Gasteiger partial charge in [0.2, 0.25) is 0 Å². The number of rotatable bonds is 4. The highest BCUT2D eigenvalue weighted by atomic mass is 16.5. The molecule has 30 heavy (non-hydrogen) atoms. The Labute approximate surface area is 175 Å². The molecule has 3 aliphatic rings. The van der Waals surface area contributed by atoms with Crippen molar-refractivity contribution in [1.29, 1.82) is 0 Å². The molecule has 7 heteroatoms. The van der Waals surface area contributed by atoms with Crippen LogP contribution in [0.3, 0.4) is 0 Å². The highest BCUT2D eigenvalue weighted by molar-refractivity contribution is 5.58. The zero-order valence-corrected chi connectivity index (χ0v) is 17.3. The first-order valence-corrected chi connectivity index (χ1v) is 10.2. The first-order chi connectivity index (χ1) is 14.5. The van der Waals surface area contributed by atoms with E-state index in [0.717, 1.165) is 22.4 Å². The minimum atomic E-state index is -0.751. The number of fused-ring (bicyclic) bond motifs is 6. The molecule has 0 saturated heterocycles. The van der Waals surface area contributed by atoms with Gasteiger partial charge in [0.25, 0.3) is 0 Å². The van der Waals surface area contributed by atoms with Crippen LogP contribution in [0.2, 0.25) is 0 Å². The number of hydrogen-bond acceptors (Lipinski definition) is 7. The Balaban J connectivity index is 1.54. The second-order valence-electron chi connectivity index (χ2n) is 8.16. The maximum atomic E-state index is 11.4. The van der Waals surface area contributed by atoms with E-state index in [9.17, 15) is 10.2 Å². The lowest BCUT2D eigenvalue weighted by Gasteiger charge is -2.41. The van der Waals surface area contributed by atoms with Crippen molar-refractivity contribution in [2.45, 2.75) is 37.6 Å². The van der Waals surface area contributed by atoms with Crippen molar-refractivity contribution in [2.24, 2.45) is 5.92 Å². The van der Waals surface area contributed by atoms with Gasteiger partial charge in [-0.25, -0.2) is 0 Å². The fourth-order valence-electron chi connectivity index (χ4n) is 4.71. The molecule has 0 aliphatic carbocycles. The summed E-state index contributed by atoms with van der Waals surface area (Å²) in [6.07, 6.45) is -0.541. The highest BCUT2D eigenvalue weighted by Crippen LogP contribution is 2.53. The van der Waals surface area contributed by atoms with Crippen LogP contribution in [-0.4, -0.2) is 49.9 Å². The van der Waals surface area contributed by atoms with Crippen LogP contribution in [0.25, 0.3) is 0 Å². The molecule has 2 aromatic carbocycles. The smallest absolute Gasteiger partial charge is 0.164 e. The van der Waals surface area contributed by atoms with Gasteiger partial charge in [-0.1, -0.05) is 6.92 Å². The molecule has 7 nitrogen and oxygen atoms in total. The van der Waals surface area contributed by atoms with E-state index in [1.807, 2.05) is 25.1 Å². The van der Waals surface area contributed by atoms with E-state index in [1.165, 1.54) is 0 Å². The third-order valence-electron chi connectivity index (χ3n) is 6.46. The Bertz CT molecular complexity index is 973. The Morgan fingerprint density at radius 3 is 2.57 bits per heavy atom. The van der Waals surface area contributed by atoms with Gasteiger partial charge in [-0.3, -0.25) is 0 Å². The Morgan fingerprint density at radius 2 is 1.83 bits per heavy atom.